The van der Waals surface area contributed by atoms with Gasteiger partial charge in [-0.3, -0.25) is 0 Å². The Balaban J connectivity index is 1.70. The summed E-state index contributed by atoms with van der Waals surface area (Å²) >= 11 is 1.45. The summed E-state index contributed by atoms with van der Waals surface area (Å²) in [6.45, 7) is 0.990. The summed E-state index contributed by atoms with van der Waals surface area (Å²) in [6.07, 6.45) is 3.08. The third-order valence-corrected chi connectivity index (χ3v) is 6.35. The van der Waals surface area contributed by atoms with Crippen molar-refractivity contribution in [3.05, 3.63) is 18.5 Å². The molecular weight excluding hydrogens is 442 g/mol. The molecule has 1 aliphatic heterocycles. The van der Waals surface area contributed by atoms with Crippen molar-refractivity contribution >= 4 is 44.5 Å². The number of imidazole rings is 1. The van der Waals surface area contributed by atoms with Crippen molar-refractivity contribution in [2.45, 2.75) is 23.0 Å². The number of rotatable bonds is 8. The number of nitrogens with two attached hydrogens (primary N) is 1. The maximum atomic E-state index is 11.4. The van der Waals surface area contributed by atoms with E-state index < -0.39 is 10.0 Å². The molecule has 0 saturated carbocycles. The fourth-order valence-corrected chi connectivity index (χ4v) is 4.80. The van der Waals surface area contributed by atoms with Gasteiger partial charge in [-0.25, -0.2) is 28.1 Å². The van der Waals surface area contributed by atoms with Crippen LogP contribution in [-0.2, 0) is 16.6 Å². The second kappa shape index (κ2) is 8.40. The van der Waals surface area contributed by atoms with Gasteiger partial charge in [-0.05, 0) is 18.2 Å². The van der Waals surface area contributed by atoms with Crippen molar-refractivity contribution in [1.82, 2.24) is 24.2 Å². The Morgan fingerprint density at radius 1 is 1.26 bits per heavy atom. The summed E-state index contributed by atoms with van der Waals surface area (Å²) < 4.78 is 38.2. The lowest BCUT2D eigenvalue weighted by atomic mass is 10.2. The van der Waals surface area contributed by atoms with Crippen LogP contribution >= 0.6 is 11.8 Å². The standard InChI is InChI=1S/C18H23N7O4S2/c1-24(2)11-7-12-13(29-10-28-12)8-14(11)30-18-23-15-16(19)20-9-21-17(15)25(18)6-4-5-22-31(3,26)27/h7-9,22H,4-6,10H2,1-3H3,(H2,19,20,21). The van der Waals surface area contributed by atoms with Gasteiger partial charge >= 0.3 is 0 Å². The second-order valence-electron chi connectivity index (χ2n) is 7.17. The fraction of sp³-hybridized carbons (Fsp3) is 0.389. The predicted octanol–water partition coefficient (Wildman–Crippen LogP) is 1.29. The van der Waals surface area contributed by atoms with Crippen LogP contribution in [-0.4, -0.2) is 61.6 Å². The lowest BCUT2D eigenvalue weighted by Crippen LogP contribution is -2.24. The quantitative estimate of drug-likeness (QED) is 0.468. The highest BCUT2D eigenvalue weighted by atomic mass is 32.2. The number of fused-ring (bicyclic) bond motifs is 2. The number of nitrogen functional groups attached to an aromatic ring is 1. The molecule has 0 amide bonds. The Bertz CT molecular complexity index is 1230. The lowest BCUT2D eigenvalue weighted by molar-refractivity contribution is 0.174. The summed E-state index contributed by atoms with van der Waals surface area (Å²) in [4.78, 5) is 16.0. The third kappa shape index (κ3) is 4.62. The Morgan fingerprint density at radius 3 is 2.71 bits per heavy atom. The van der Waals surface area contributed by atoms with Crippen LogP contribution in [0.1, 0.15) is 6.42 Å². The first-order valence-corrected chi connectivity index (χ1v) is 12.1. The van der Waals surface area contributed by atoms with Gasteiger partial charge in [0.25, 0.3) is 0 Å². The highest BCUT2D eigenvalue weighted by Gasteiger charge is 2.22. The van der Waals surface area contributed by atoms with Gasteiger partial charge in [0, 0.05) is 44.2 Å². The number of aryl methyl sites for hydroxylation is 1. The first-order chi connectivity index (χ1) is 14.7. The number of nitrogens with zero attached hydrogens (tertiary/aromatic N) is 5. The van der Waals surface area contributed by atoms with E-state index in [4.69, 9.17) is 15.2 Å². The smallest absolute Gasteiger partial charge is 0.231 e. The van der Waals surface area contributed by atoms with Gasteiger partial charge in [-0.1, -0.05) is 0 Å². The number of hydrogen-bond acceptors (Lipinski definition) is 10. The average molecular weight is 466 g/mol. The molecular formula is C18H23N7O4S2. The van der Waals surface area contributed by atoms with Crippen molar-refractivity contribution < 1.29 is 17.9 Å². The van der Waals surface area contributed by atoms with Gasteiger partial charge < -0.3 is 24.7 Å². The molecule has 166 valence electrons. The maximum Gasteiger partial charge on any atom is 0.231 e. The van der Waals surface area contributed by atoms with Crippen LogP contribution in [0.4, 0.5) is 11.5 Å². The van der Waals surface area contributed by atoms with Crippen LogP contribution in [0, 0.1) is 0 Å². The second-order valence-corrected chi connectivity index (χ2v) is 10.0. The van der Waals surface area contributed by atoms with Crippen molar-refractivity contribution in [2.75, 3.05) is 44.3 Å². The largest absolute Gasteiger partial charge is 0.454 e. The normalized spacial score (nSPS) is 13.1. The van der Waals surface area contributed by atoms with Crippen LogP contribution in [0.5, 0.6) is 11.5 Å². The molecule has 0 unspecified atom stereocenters. The number of sulfonamides is 1. The van der Waals surface area contributed by atoms with E-state index in [1.54, 1.807) is 0 Å². The van der Waals surface area contributed by atoms with Gasteiger partial charge in [-0.15, -0.1) is 0 Å². The molecule has 0 radical (unpaired) electrons. The molecule has 1 aliphatic rings. The van der Waals surface area contributed by atoms with Gasteiger partial charge in [0.15, 0.2) is 33.6 Å². The lowest BCUT2D eigenvalue weighted by Gasteiger charge is -2.18. The number of aromatic nitrogens is 4. The number of nitrogens with one attached hydrogen (secondary N) is 1. The highest BCUT2D eigenvalue weighted by molar-refractivity contribution is 7.99. The van der Waals surface area contributed by atoms with Crippen LogP contribution in [0.15, 0.2) is 28.5 Å². The Morgan fingerprint density at radius 2 is 2.00 bits per heavy atom. The van der Waals surface area contributed by atoms with Gasteiger partial charge in [-0.2, -0.15) is 0 Å². The first kappa shape index (κ1) is 21.5. The van der Waals surface area contributed by atoms with E-state index in [-0.39, 0.29) is 6.79 Å². The molecule has 11 nitrogen and oxygen atoms in total. The minimum Gasteiger partial charge on any atom is -0.454 e. The molecule has 0 bridgehead atoms. The van der Waals surface area contributed by atoms with Gasteiger partial charge in [0.1, 0.15) is 6.33 Å². The molecule has 4 rings (SSSR count). The molecule has 13 heteroatoms. The Hall–Kier alpha value is -2.77. The van der Waals surface area contributed by atoms with E-state index in [1.807, 2.05) is 35.7 Å². The third-order valence-electron chi connectivity index (χ3n) is 4.59. The average Bonchev–Trinajstić information content (AvgIpc) is 3.29. The van der Waals surface area contributed by atoms with Crippen molar-refractivity contribution in [1.29, 1.82) is 0 Å². The molecule has 2 aromatic heterocycles. The zero-order valence-electron chi connectivity index (χ0n) is 17.3. The number of ether oxygens (including phenoxy) is 2. The Labute approximate surface area is 184 Å². The van der Waals surface area contributed by atoms with E-state index >= 15 is 0 Å². The molecule has 0 atom stereocenters. The van der Waals surface area contributed by atoms with E-state index in [1.165, 1.54) is 18.1 Å². The fourth-order valence-electron chi connectivity index (χ4n) is 3.15. The van der Waals surface area contributed by atoms with Crippen LogP contribution in [0.25, 0.3) is 11.2 Å². The zero-order chi connectivity index (χ0) is 22.2. The minimum absolute atomic E-state index is 0.189. The first-order valence-electron chi connectivity index (χ1n) is 9.43. The maximum absolute atomic E-state index is 11.4. The molecule has 0 fully saturated rings. The molecule has 3 aromatic rings. The topological polar surface area (TPSA) is 137 Å². The summed E-state index contributed by atoms with van der Waals surface area (Å²) in [5.41, 5.74) is 8.08. The van der Waals surface area contributed by atoms with Crippen molar-refractivity contribution in [3.63, 3.8) is 0 Å². The molecule has 0 saturated heterocycles. The monoisotopic (exact) mass is 465 g/mol. The van der Waals surface area contributed by atoms with E-state index in [0.717, 1.165) is 16.8 Å². The van der Waals surface area contributed by atoms with Gasteiger partial charge in [0.2, 0.25) is 16.8 Å². The molecule has 31 heavy (non-hydrogen) atoms. The molecule has 3 heterocycles. The van der Waals surface area contributed by atoms with Gasteiger partial charge in [0.05, 0.1) is 11.9 Å². The SMILES string of the molecule is CN(C)c1cc2c(cc1Sc1nc3c(N)ncnc3n1CCCNS(C)(=O)=O)OCO2. The minimum atomic E-state index is -3.25. The Kier molecular flexibility index (Phi) is 5.81. The van der Waals surface area contributed by atoms with E-state index in [2.05, 4.69) is 19.7 Å². The van der Waals surface area contributed by atoms with Crippen LogP contribution in [0.3, 0.4) is 0 Å². The summed E-state index contributed by atoms with van der Waals surface area (Å²) in [7, 11) is 0.648. The number of benzene rings is 1. The van der Waals surface area contributed by atoms with E-state index in [0.29, 0.717) is 53.1 Å². The summed E-state index contributed by atoms with van der Waals surface area (Å²) in [6, 6.07) is 3.86. The van der Waals surface area contributed by atoms with Crippen LogP contribution in [0.2, 0.25) is 0 Å². The summed E-state index contributed by atoms with van der Waals surface area (Å²) in [5.74, 6) is 1.66. The van der Waals surface area contributed by atoms with E-state index in [9.17, 15) is 8.42 Å². The number of hydrogen-bond donors (Lipinski definition) is 2. The number of anilines is 2. The van der Waals surface area contributed by atoms with Crippen LogP contribution < -0.4 is 24.8 Å². The summed E-state index contributed by atoms with van der Waals surface area (Å²) in [5, 5.41) is 0.670. The molecule has 0 aliphatic carbocycles. The predicted molar refractivity (Wildman–Crippen MR) is 118 cm³/mol. The highest BCUT2D eigenvalue weighted by Crippen LogP contribution is 2.44. The molecule has 0 spiro atoms. The van der Waals surface area contributed by atoms with Crippen molar-refractivity contribution in [2.24, 2.45) is 0 Å². The van der Waals surface area contributed by atoms with Crippen molar-refractivity contribution in [3.8, 4) is 11.5 Å². The molecule has 1 aromatic carbocycles. The zero-order valence-corrected chi connectivity index (χ0v) is 19.0. The molecule has 3 N–H and O–H groups in total.